The number of ether oxygens (including phenoxy) is 4. The van der Waals surface area contributed by atoms with Crippen LogP contribution in [0.15, 0.2) is 65.8 Å². The molecule has 2 N–H and O–H groups in total. The van der Waals surface area contributed by atoms with Gasteiger partial charge in [0.2, 0.25) is 12.7 Å². The van der Waals surface area contributed by atoms with E-state index in [1.165, 1.54) is 0 Å². The van der Waals surface area contributed by atoms with Crippen LogP contribution in [0, 0.1) is 0 Å². The Morgan fingerprint density at radius 2 is 1.76 bits per heavy atom. The summed E-state index contributed by atoms with van der Waals surface area (Å²) in [6.45, 7) is 6.68. The van der Waals surface area contributed by atoms with Gasteiger partial charge in [-0.05, 0) is 49.2 Å². The van der Waals surface area contributed by atoms with Gasteiger partial charge in [0.05, 0.1) is 13.2 Å². The van der Waals surface area contributed by atoms with Gasteiger partial charge in [-0.25, -0.2) is 9.98 Å². The van der Waals surface area contributed by atoms with E-state index >= 15 is 0 Å². The quantitative estimate of drug-likeness (QED) is 0.214. The molecule has 2 aromatic carbocycles. The lowest BCUT2D eigenvalue weighted by Gasteiger charge is -2.12. The Hall–Kier alpha value is -3.21. The molecule has 0 radical (unpaired) electrons. The van der Waals surface area contributed by atoms with Crippen LogP contribution in [-0.4, -0.2) is 30.9 Å². The van der Waals surface area contributed by atoms with Crippen LogP contribution < -0.4 is 29.6 Å². The fourth-order valence-corrected chi connectivity index (χ4v) is 3.24. The summed E-state index contributed by atoms with van der Waals surface area (Å²) < 4.78 is 22.3. The van der Waals surface area contributed by atoms with Crippen LogP contribution in [0.3, 0.4) is 0 Å². The zero-order chi connectivity index (χ0) is 22.9. The average Bonchev–Trinajstić information content (AvgIpc) is 3.31. The van der Waals surface area contributed by atoms with Crippen molar-refractivity contribution in [1.82, 2.24) is 15.6 Å². The van der Waals surface area contributed by atoms with Crippen molar-refractivity contribution >= 4 is 29.9 Å². The van der Waals surface area contributed by atoms with Gasteiger partial charge in [-0.2, -0.15) is 0 Å². The second-order valence-corrected chi connectivity index (χ2v) is 7.22. The highest BCUT2D eigenvalue weighted by Crippen LogP contribution is 2.32. The van der Waals surface area contributed by atoms with Crippen molar-refractivity contribution in [3.8, 4) is 28.9 Å². The highest BCUT2D eigenvalue weighted by atomic mass is 127. The summed E-state index contributed by atoms with van der Waals surface area (Å²) >= 11 is 0. The van der Waals surface area contributed by atoms with Gasteiger partial charge in [-0.3, -0.25) is 0 Å². The SMILES string of the molecule is CCNC(=NCc1ccc(Oc2ccccc2OCC)nc1)NCc1ccc2c(c1)OCO2.I. The third-order valence-corrected chi connectivity index (χ3v) is 4.82. The van der Waals surface area contributed by atoms with E-state index in [2.05, 4.69) is 20.6 Å². The first-order chi connectivity index (χ1) is 16.2. The van der Waals surface area contributed by atoms with Gasteiger partial charge in [0, 0.05) is 25.4 Å². The highest BCUT2D eigenvalue weighted by molar-refractivity contribution is 14.0. The number of benzene rings is 2. The molecule has 0 amide bonds. The molecule has 0 unspecified atom stereocenters. The maximum absolute atomic E-state index is 5.88. The van der Waals surface area contributed by atoms with Crippen LogP contribution in [0.25, 0.3) is 0 Å². The smallest absolute Gasteiger partial charge is 0.231 e. The van der Waals surface area contributed by atoms with Crippen LogP contribution in [0.2, 0.25) is 0 Å². The number of hydrogen-bond donors (Lipinski definition) is 2. The molecule has 180 valence electrons. The molecule has 1 aromatic heterocycles. The van der Waals surface area contributed by atoms with Gasteiger partial charge >= 0.3 is 0 Å². The van der Waals surface area contributed by atoms with E-state index in [-0.39, 0.29) is 30.8 Å². The molecule has 0 atom stereocenters. The lowest BCUT2D eigenvalue weighted by atomic mass is 10.2. The van der Waals surface area contributed by atoms with E-state index in [4.69, 9.17) is 18.9 Å². The first-order valence-electron chi connectivity index (χ1n) is 11.0. The topological polar surface area (TPSA) is 86.2 Å². The summed E-state index contributed by atoms with van der Waals surface area (Å²) in [5.41, 5.74) is 2.06. The number of para-hydroxylation sites is 2. The van der Waals surface area contributed by atoms with Crippen LogP contribution >= 0.6 is 24.0 Å². The van der Waals surface area contributed by atoms with Gasteiger partial charge < -0.3 is 29.6 Å². The number of halogens is 1. The molecule has 0 spiro atoms. The van der Waals surface area contributed by atoms with Gasteiger partial charge in [-0.15, -0.1) is 24.0 Å². The van der Waals surface area contributed by atoms with Crippen molar-refractivity contribution in [2.45, 2.75) is 26.9 Å². The van der Waals surface area contributed by atoms with Crippen LogP contribution in [-0.2, 0) is 13.1 Å². The molecule has 3 aromatic rings. The number of hydrogen-bond acceptors (Lipinski definition) is 6. The first kappa shape index (κ1) is 25.4. The summed E-state index contributed by atoms with van der Waals surface area (Å²) in [6.07, 6.45) is 1.77. The minimum atomic E-state index is 0. The molecule has 34 heavy (non-hydrogen) atoms. The summed E-state index contributed by atoms with van der Waals surface area (Å²) in [5.74, 6) is 4.11. The Bertz CT molecular complexity index is 1090. The largest absolute Gasteiger partial charge is 0.490 e. The van der Waals surface area contributed by atoms with E-state index in [0.29, 0.717) is 37.1 Å². The second kappa shape index (κ2) is 12.9. The Balaban J connectivity index is 0.00000324. The molecule has 1 aliphatic heterocycles. The minimum Gasteiger partial charge on any atom is -0.490 e. The predicted octanol–water partition coefficient (Wildman–Crippen LogP) is 4.87. The Labute approximate surface area is 216 Å². The number of pyridine rings is 1. The molecule has 0 aliphatic carbocycles. The van der Waals surface area contributed by atoms with Gasteiger partial charge in [0.25, 0.3) is 0 Å². The molecule has 8 nitrogen and oxygen atoms in total. The third-order valence-electron chi connectivity index (χ3n) is 4.82. The maximum Gasteiger partial charge on any atom is 0.231 e. The van der Waals surface area contributed by atoms with E-state index < -0.39 is 0 Å². The molecule has 1 aliphatic rings. The normalized spacial score (nSPS) is 12.0. The number of aromatic nitrogens is 1. The van der Waals surface area contributed by atoms with Crippen LogP contribution in [0.5, 0.6) is 28.9 Å². The van der Waals surface area contributed by atoms with Crippen LogP contribution in [0.4, 0.5) is 0 Å². The predicted molar refractivity (Wildman–Crippen MR) is 142 cm³/mol. The zero-order valence-corrected chi connectivity index (χ0v) is 21.6. The molecule has 0 saturated carbocycles. The summed E-state index contributed by atoms with van der Waals surface area (Å²) in [5, 5.41) is 6.61. The number of fused-ring (bicyclic) bond motifs is 1. The Morgan fingerprint density at radius 3 is 2.53 bits per heavy atom. The van der Waals surface area contributed by atoms with Crippen molar-refractivity contribution < 1.29 is 18.9 Å². The van der Waals surface area contributed by atoms with Gasteiger partial charge in [-0.1, -0.05) is 24.3 Å². The molecule has 9 heteroatoms. The lowest BCUT2D eigenvalue weighted by molar-refractivity contribution is 0.174. The average molecular weight is 576 g/mol. The molecular formula is C25H29IN4O4. The van der Waals surface area contributed by atoms with Gasteiger partial charge in [0.1, 0.15) is 0 Å². The summed E-state index contributed by atoms with van der Waals surface area (Å²) in [6, 6.07) is 17.2. The van der Waals surface area contributed by atoms with Crippen molar-refractivity contribution in [2.24, 2.45) is 4.99 Å². The monoisotopic (exact) mass is 576 g/mol. The standard InChI is InChI=1S/C25H28N4O4.HI/c1-3-26-25(28-14-18-9-11-21-23(13-18)32-17-31-21)29-16-19-10-12-24(27-15-19)33-22-8-6-5-7-20(22)30-4-2;/h5-13,15H,3-4,14,16-17H2,1-2H3,(H2,26,28,29);1H. The molecule has 0 fully saturated rings. The van der Waals surface area contributed by atoms with E-state index in [1.807, 2.05) is 68.4 Å². The fraction of sp³-hybridized carbons (Fsp3) is 0.280. The summed E-state index contributed by atoms with van der Waals surface area (Å²) in [7, 11) is 0. The number of rotatable bonds is 9. The number of nitrogens with one attached hydrogen (secondary N) is 2. The summed E-state index contributed by atoms with van der Waals surface area (Å²) in [4.78, 5) is 9.07. The number of guanidine groups is 1. The second-order valence-electron chi connectivity index (χ2n) is 7.22. The molecule has 0 bridgehead atoms. The van der Waals surface area contributed by atoms with Crippen LogP contribution in [0.1, 0.15) is 25.0 Å². The van der Waals surface area contributed by atoms with E-state index in [0.717, 1.165) is 35.1 Å². The zero-order valence-electron chi connectivity index (χ0n) is 19.2. The molecule has 4 rings (SSSR count). The van der Waals surface area contributed by atoms with E-state index in [1.54, 1.807) is 6.20 Å². The molecule has 2 heterocycles. The number of aliphatic imine (C=N–C) groups is 1. The Kier molecular flexibility index (Phi) is 9.62. The van der Waals surface area contributed by atoms with Gasteiger partial charge in [0.15, 0.2) is 29.0 Å². The van der Waals surface area contributed by atoms with E-state index in [9.17, 15) is 0 Å². The van der Waals surface area contributed by atoms with Crippen molar-refractivity contribution in [2.75, 3.05) is 19.9 Å². The first-order valence-corrected chi connectivity index (χ1v) is 11.0. The Morgan fingerprint density at radius 1 is 0.971 bits per heavy atom. The fourth-order valence-electron chi connectivity index (χ4n) is 3.24. The van der Waals surface area contributed by atoms with Crippen molar-refractivity contribution in [1.29, 1.82) is 0 Å². The lowest BCUT2D eigenvalue weighted by Crippen LogP contribution is -2.36. The minimum absolute atomic E-state index is 0. The molecular weight excluding hydrogens is 547 g/mol. The maximum atomic E-state index is 5.88. The van der Waals surface area contributed by atoms with Crippen molar-refractivity contribution in [3.05, 3.63) is 71.9 Å². The van der Waals surface area contributed by atoms with Crippen molar-refractivity contribution in [3.63, 3.8) is 0 Å². The molecule has 0 saturated heterocycles. The third kappa shape index (κ3) is 6.89. The highest BCUT2D eigenvalue weighted by Gasteiger charge is 2.13. The number of nitrogens with zero attached hydrogens (tertiary/aromatic N) is 2.